The molecule has 0 saturated heterocycles. The predicted molar refractivity (Wildman–Crippen MR) is 76.4 cm³/mol. The van der Waals surface area contributed by atoms with Gasteiger partial charge in [0, 0.05) is 0 Å². The topological polar surface area (TPSA) is 92.7 Å². The van der Waals surface area contributed by atoms with Crippen molar-refractivity contribution in [2.45, 2.75) is 36.1 Å². The first-order valence-corrected chi connectivity index (χ1v) is 8.24. The first kappa shape index (κ1) is 15.9. The van der Waals surface area contributed by atoms with Gasteiger partial charge < -0.3 is 9.84 Å². The van der Waals surface area contributed by atoms with Gasteiger partial charge in [0.1, 0.15) is 0 Å². The van der Waals surface area contributed by atoms with E-state index in [4.69, 9.17) is 0 Å². The molecule has 0 aliphatic heterocycles. The van der Waals surface area contributed by atoms with E-state index in [1.54, 1.807) is 0 Å². The molecule has 2 N–H and O–H groups in total. The van der Waals surface area contributed by atoms with Crippen molar-refractivity contribution in [2.24, 2.45) is 0 Å². The Morgan fingerprint density at radius 2 is 2.05 bits per heavy atom. The summed E-state index contributed by atoms with van der Waals surface area (Å²) < 4.78 is 32.1. The van der Waals surface area contributed by atoms with Crippen LogP contribution in [-0.4, -0.2) is 38.7 Å². The fraction of sp³-hybridized carbons (Fsp3) is 0.500. The van der Waals surface area contributed by atoms with Gasteiger partial charge in [-0.1, -0.05) is 18.9 Å². The van der Waals surface area contributed by atoms with Gasteiger partial charge in [0.15, 0.2) is 0 Å². The molecule has 6 nitrogen and oxygen atoms in total. The first-order valence-electron chi connectivity index (χ1n) is 6.76. The van der Waals surface area contributed by atoms with Crippen LogP contribution in [0.4, 0.5) is 0 Å². The van der Waals surface area contributed by atoms with E-state index >= 15 is 0 Å². The van der Waals surface area contributed by atoms with Crippen molar-refractivity contribution in [3.05, 3.63) is 29.8 Å². The number of esters is 1. The van der Waals surface area contributed by atoms with Gasteiger partial charge in [-0.15, -0.1) is 0 Å². The lowest BCUT2D eigenvalue weighted by Crippen LogP contribution is -2.49. The van der Waals surface area contributed by atoms with Crippen molar-refractivity contribution >= 4 is 16.0 Å². The lowest BCUT2D eigenvalue weighted by atomic mass is 10.0. The molecule has 0 bridgehead atoms. The van der Waals surface area contributed by atoms with Gasteiger partial charge in [-0.2, -0.15) is 0 Å². The van der Waals surface area contributed by atoms with Gasteiger partial charge in [0.2, 0.25) is 10.0 Å². The number of sulfonamides is 1. The molecule has 0 aromatic heterocycles. The van der Waals surface area contributed by atoms with Crippen LogP contribution in [0, 0.1) is 0 Å². The van der Waals surface area contributed by atoms with E-state index < -0.39 is 21.5 Å². The molecule has 0 heterocycles. The van der Waals surface area contributed by atoms with Crippen molar-refractivity contribution < 1.29 is 23.1 Å². The number of benzene rings is 1. The number of hydrogen-bond acceptors (Lipinski definition) is 5. The Hall–Kier alpha value is -1.44. The molecule has 0 amide bonds. The minimum absolute atomic E-state index is 0.00914. The van der Waals surface area contributed by atoms with E-state index in [9.17, 15) is 18.3 Å². The molecule has 7 heteroatoms. The second-order valence-corrected chi connectivity index (χ2v) is 6.95. The van der Waals surface area contributed by atoms with E-state index in [-0.39, 0.29) is 17.1 Å². The quantitative estimate of drug-likeness (QED) is 0.793. The summed E-state index contributed by atoms with van der Waals surface area (Å²) in [7, 11) is -2.56. The molecule has 1 aromatic carbocycles. The zero-order chi connectivity index (χ0) is 15.5. The highest BCUT2D eigenvalue weighted by atomic mass is 32.2. The van der Waals surface area contributed by atoms with E-state index in [1.807, 2.05) is 0 Å². The van der Waals surface area contributed by atoms with Crippen molar-refractivity contribution in [1.29, 1.82) is 0 Å². The lowest BCUT2D eigenvalue weighted by molar-refractivity contribution is 0.0600. The Balaban J connectivity index is 2.29. The van der Waals surface area contributed by atoms with Gasteiger partial charge in [-0.3, -0.25) is 0 Å². The molecule has 0 atom stereocenters. The van der Waals surface area contributed by atoms with Crippen molar-refractivity contribution in [3.8, 4) is 0 Å². The molecule has 21 heavy (non-hydrogen) atoms. The number of nitrogens with one attached hydrogen (secondary N) is 1. The maximum Gasteiger partial charge on any atom is 0.337 e. The Bertz CT molecular complexity index is 620. The maximum atomic E-state index is 12.4. The zero-order valence-corrected chi connectivity index (χ0v) is 12.6. The highest BCUT2D eigenvalue weighted by molar-refractivity contribution is 7.89. The average molecular weight is 313 g/mol. The molecule has 0 spiro atoms. The van der Waals surface area contributed by atoms with Crippen molar-refractivity contribution in [1.82, 2.24) is 4.72 Å². The summed E-state index contributed by atoms with van der Waals surface area (Å²) in [6, 6.07) is 5.66. The Morgan fingerprint density at radius 3 is 2.62 bits per heavy atom. The summed E-state index contributed by atoms with van der Waals surface area (Å²) in [5, 5.41) is 9.51. The van der Waals surface area contributed by atoms with E-state index in [1.165, 1.54) is 31.4 Å². The van der Waals surface area contributed by atoms with Crippen LogP contribution in [0.1, 0.15) is 36.0 Å². The number of rotatable bonds is 5. The van der Waals surface area contributed by atoms with Gasteiger partial charge in [0.25, 0.3) is 0 Å². The molecule has 1 aromatic rings. The monoisotopic (exact) mass is 313 g/mol. The second kappa shape index (κ2) is 6.13. The third-order valence-electron chi connectivity index (χ3n) is 3.78. The number of aliphatic hydroxyl groups excluding tert-OH is 1. The zero-order valence-electron chi connectivity index (χ0n) is 11.8. The predicted octanol–water partition coefficient (Wildman–Crippen LogP) is 1.06. The molecular weight excluding hydrogens is 294 g/mol. The first-order chi connectivity index (χ1) is 9.92. The maximum absolute atomic E-state index is 12.4. The summed E-state index contributed by atoms with van der Waals surface area (Å²) >= 11 is 0. The van der Waals surface area contributed by atoms with E-state index in [0.717, 1.165) is 12.8 Å². The van der Waals surface area contributed by atoms with Crippen LogP contribution in [0.3, 0.4) is 0 Å². The summed E-state index contributed by atoms with van der Waals surface area (Å²) in [5.41, 5.74) is -0.620. The largest absolute Gasteiger partial charge is 0.465 e. The van der Waals surface area contributed by atoms with Crippen molar-refractivity contribution in [2.75, 3.05) is 13.7 Å². The molecule has 2 rings (SSSR count). The van der Waals surface area contributed by atoms with Gasteiger partial charge in [0.05, 0.1) is 29.7 Å². The van der Waals surface area contributed by atoms with Gasteiger partial charge in [-0.05, 0) is 31.0 Å². The third-order valence-corrected chi connectivity index (χ3v) is 5.36. The summed E-state index contributed by atoms with van der Waals surface area (Å²) in [6.07, 6.45) is 2.98. The van der Waals surface area contributed by atoms with Crippen LogP contribution < -0.4 is 4.72 Å². The number of aliphatic hydroxyl groups is 1. The van der Waals surface area contributed by atoms with E-state index in [0.29, 0.717) is 12.8 Å². The number of carbonyl (C=O) groups is 1. The van der Waals surface area contributed by atoms with Gasteiger partial charge >= 0.3 is 5.97 Å². The molecular formula is C14H19NO5S. The standard InChI is InChI=1S/C14H19NO5S/c1-20-13(17)11-5-4-6-12(9-11)21(18,19)15-14(10-16)7-2-3-8-14/h4-6,9,15-16H,2-3,7-8,10H2,1H3. The molecule has 116 valence electrons. The van der Waals surface area contributed by atoms with Crippen LogP contribution in [0.2, 0.25) is 0 Å². The van der Waals surface area contributed by atoms with Crippen LogP contribution in [0.5, 0.6) is 0 Å². The van der Waals surface area contributed by atoms with Crippen LogP contribution in [0.25, 0.3) is 0 Å². The summed E-state index contributed by atoms with van der Waals surface area (Å²) in [4.78, 5) is 11.5. The fourth-order valence-electron chi connectivity index (χ4n) is 2.60. The molecule has 1 saturated carbocycles. The van der Waals surface area contributed by atoms with Crippen LogP contribution >= 0.6 is 0 Å². The Labute approximate surface area is 124 Å². The minimum atomic E-state index is -3.80. The molecule has 1 fully saturated rings. The number of methoxy groups -OCH3 is 1. The molecule has 0 unspecified atom stereocenters. The number of ether oxygens (including phenoxy) is 1. The Morgan fingerprint density at radius 1 is 1.38 bits per heavy atom. The van der Waals surface area contributed by atoms with Crippen molar-refractivity contribution in [3.63, 3.8) is 0 Å². The summed E-state index contributed by atoms with van der Waals surface area (Å²) in [5.74, 6) is -0.593. The third kappa shape index (κ3) is 3.42. The highest BCUT2D eigenvalue weighted by Crippen LogP contribution is 2.31. The smallest absolute Gasteiger partial charge is 0.337 e. The van der Waals surface area contributed by atoms with Gasteiger partial charge in [-0.25, -0.2) is 17.9 Å². The number of carbonyl (C=O) groups excluding carboxylic acids is 1. The minimum Gasteiger partial charge on any atom is -0.465 e. The molecule has 0 radical (unpaired) electrons. The fourth-order valence-corrected chi connectivity index (χ4v) is 4.09. The van der Waals surface area contributed by atoms with Crippen LogP contribution in [-0.2, 0) is 14.8 Å². The van der Waals surface area contributed by atoms with E-state index in [2.05, 4.69) is 9.46 Å². The second-order valence-electron chi connectivity index (χ2n) is 5.27. The average Bonchev–Trinajstić information content (AvgIpc) is 2.95. The molecule has 1 aliphatic rings. The van der Waals surface area contributed by atoms with Crippen LogP contribution in [0.15, 0.2) is 29.2 Å². The molecule has 1 aliphatic carbocycles. The normalized spacial score (nSPS) is 17.6. The lowest BCUT2D eigenvalue weighted by Gasteiger charge is -2.27. The highest BCUT2D eigenvalue weighted by Gasteiger charge is 2.37. The number of hydrogen-bond donors (Lipinski definition) is 2. The SMILES string of the molecule is COC(=O)c1cccc(S(=O)(=O)NC2(CO)CCCC2)c1. The summed E-state index contributed by atoms with van der Waals surface area (Å²) in [6.45, 7) is -0.233. The Kier molecular flexibility index (Phi) is 4.65.